The quantitative estimate of drug-likeness (QED) is 0.187. The molecule has 7 nitrogen and oxygen atoms in total. The Balaban J connectivity index is 1.88. The molecule has 0 radical (unpaired) electrons. The molecule has 222 valence electrons. The SMILES string of the molecule is CCOC(=O)C1=C(C(=O)OCC)SC(=C2C(=S)C(C)(C)N(C(=O)c3ccc(C(C)(C)C)cc3)c3ccc(OC)cc32)S1. The average molecular weight is 626 g/mol. The van der Waals surface area contributed by atoms with Crippen LogP contribution in [0, 0.1) is 0 Å². The molecule has 0 unspecified atom stereocenters. The first kappa shape index (κ1) is 31.8. The van der Waals surface area contributed by atoms with Crippen LogP contribution in [0.3, 0.4) is 0 Å². The summed E-state index contributed by atoms with van der Waals surface area (Å²) in [4.78, 5) is 42.5. The number of anilines is 1. The van der Waals surface area contributed by atoms with E-state index in [9.17, 15) is 14.4 Å². The number of hydrogen-bond donors (Lipinski definition) is 0. The average Bonchev–Trinajstić information content (AvgIpc) is 3.38. The van der Waals surface area contributed by atoms with Crippen LogP contribution < -0.4 is 9.64 Å². The molecule has 2 aromatic rings. The number of carbonyl (C=O) groups excluding carboxylic acids is 3. The van der Waals surface area contributed by atoms with E-state index in [1.807, 2.05) is 50.2 Å². The van der Waals surface area contributed by atoms with Crippen molar-refractivity contribution >= 4 is 69.7 Å². The summed E-state index contributed by atoms with van der Waals surface area (Å²) in [6.45, 7) is 13.9. The first-order chi connectivity index (χ1) is 19.8. The van der Waals surface area contributed by atoms with Crippen molar-refractivity contribution in [3.63, 3.8) is 0 Å². The molecule has 0 fully saturated rings. The van der Waals surface area contributed by atoms with Crippen molar-refractivity contribution < 1.29 is 28.6 Å². The topological polar surface area (TPSA) is 82.1 Å². The van der Waals surface area contributed by atoms with E-state index in [4.69, 9.17) is 26.4 Å². The largest absolute Gasteiger partial charge is 0.497 e. The van der Waals surface area contributed by atoms with E-state index >= 15 is 0 Å². The van der Waals surface area contributed by atoms with E-state index in [2.05, 4.69) is 20.8 Å². The molecule has 4 rings (SSSR count). The number of thioether (sulfide) groups is 2. The summed E-state index contributed by atoms with van der Waals surface area (Å²) in [6.07, 6.45) is 0. The van der Waals surface area contributed by atoms with Gasteiger partial charge in [0.25, 0.3) is 5.91 Å². The summed E-state index contributed by atoms with van der Waals surface area (Å²) in [5.41, 5.74) is 2.66. The molecule has 42 heavy (non-hydrogen) atoms. The number of hydrogen-bond acceptors (Lipinski definition) is 9. The third kappa shape index (κ3) is 5.89. The molecule has 0 saturated carbocycles. The van der Waals surface area contributed by atoms with Crippen molar-refractivity contribution in [2.24, 2.45) is 0 Å². The fraction of sp³-hybridized carbons (Fsp3) is 0.375. The Morgan fingerprint density at radius 2 is 1.45 bits per heavy atom. The highest BCUT2D eigenvalue weighted by atomic mass is 32.2. The highest BCUT2D eigenvalue weighted by molar-refractivity contribution is 8.29. The van der Waals surface area contributed by atoms with Crippen molar-refractivity contribution in [2.75, 3.05) is 25.2 Å². The van der Waals surface area contributed by atoms with Gasteiger partial charge in [-0.2, -0.15) is 0 Å². The lowest BCUT2D eigenvalue weighted by Crippen LogP contribution is -2.56. The zero-order chi connectivity index (χ0) is 31.0. The Bertz CT molecular complexity index is 1480. The summed E-state index contributed by atoms with van der Waals surface area (Å²) in [6, 6.07) is 13.1. The Morgan fingerprint density at radius 3 is 1.93 bits per heavy atom. The van der Waals surface area contributed by atoms with Crippen LogP contribution in [0.2, 0.25) is 0 Å². The number of nitrogens with zero attached hydrogens (tertiary/aromatic N) is 1. The van der Waals surface area contributed by atoms with Crippen LogP contribution in [0.4, 0.5) is 5.69 Å². The van der Waals surface area contributed by atoms with Gasteiger partial charge < -0.3 is 14.2 Å². The van der Waals surface area contributed by atoms with Gasteiger partial charge in [0.1, 0.15) is 15.6 Å². The normalized spacial score (nSPS) is 16.4. The van der Waals surface area contributed by atoms with Crippen LogP contribution in [-0.2, 0) is 24.5 Å². The van der Waals surface area contributed by atoms with Crippen LogP contribution in [0.1, 0.15) is 70.0 Å². The van der Waals surface area contributed by atoms with E-state index in [1.54, 1.807) is 31.9 Å². The molecule has 2 aliphatic heterocycles. The van der Waals surface area contributed by atoms with Gasteiger partial charge in [-0.15, -0.1) is 0 Å². The van der Waals surface area contributed by atoms with Gasteiger partial charge in [0.05, 0.1) is 40.7 Å². The van der Waals surface area contributed by atoms with Crippen LogP contribution in [0.5, 0.6) is 5.75 Å². The summed E-state index contributed by atoms with van der Waals surface area (Å²) in [5, 5.41) is 0. The maximum absolute atomic E-state index is 14.2. The predicted molar refractivity (Wildman–Crippen MR) is 174 cm³/mol. The highest BCUT2D eigenvalue weighted by Gasteiger charge is 2.46. The summed E-state index contributed by atoms with van der Waals surface area (Å²) in [5.74, 6) is -0.817. The number of methoxy groups -OCH3 is 1. The molecular formula is C32H35NO6S3. The van der Waals surface area contributed by atoms with Crippen LogP contribution in [0.15, 0.2) is 56.5 Å². The van der Waals surface area contributed by atoms with Crippen molar-refractivity contribution in [2.45, 2.75) is 59.4 Å². The second kappa shape index (κ2) is 12.3. The van der Waals surface area contributed by atoms with Gasteiger partial charge in [0.15, 0.2) is 0 Å². The number of benzene rings is 2. The number of esters is 2. The Hall–Kier alpha value is -3.08. The minimum atomic E-state index is -0.934. The summed E-state index contributed by atoms with van der Waals surface area (Å²) in [7, 11) is 1.57. The van der Waals surface area contributed by atoms with Gasteiger partial charge in [0, 0.05) is 16.7 Å². The molecule has 2 heterocycles. The number of rotatable bonds is 6. The van der Waals surface area contributed by atoms with Gasteiger partial charge in [-0.3, -0.25) is 9.69 Å². The standard InChI is InChI=1S/C32H35NO6S3/c1-9-38-28(35)24-25(29(36)39-10-2)42-30(41-24)23-21-17-20(37-8)15-16-22(21)33(32(6,7)26(23)40)27(34)18-11-13-19(14-12-18)31(3,4)5/h11-17H,9-10H2,1-8H3. The molecular weight excluding hydrogens is 591 g/mol. The van der Waals surface area contributed by atoms with Crippen molar-refractivity contribution in [3.8, 4) is 5.75 Å². The molecule has 10 heteroatoms. The lowest BCUT2D eigenvalue weighted by molar-refractivity contribution is -0.140. The molecule has 0 aliphatic carbocycles. The first-order valence-electron chi connectivity index (χ1n) is 13.6. The van der Waals surface area contributed by atoms with Gasteiger partial charge in [-0.25, -0.2) is 9.59 Å². The third-order valence-electron chi connectivity index (χ3n) is 6.98. The molecule has 0 spiro atoms. The number of carbonyl (C=O) groups is 3. The van der Waals surface area contributed by atoms with Crippen LogP contribution in [0.25, 0.3) is 5.57 Å². The molecule has 2 aromatic carbocycles. The molecule has 0 bridgehead atoms. The van der Waals surface area contributed by atoms with Crippen LogP contribution >= 0.6 is 35.7 Å². The van der Waals surface area contributed by atoms with Crippen molar-refractivity contribution in [3.05, 3.63) is 73.2 Å². The van der Waals surface area contributed by atoms with E-state index in [0.29, 0.717) is 37.2 Å². The van der Waals surface area contributed by atoms with Gasteiger partial charge in [-0.05, 0) is 69.0 Å². The van der Waals surface area contributed by atoms with Crippen LogP contribution in [-0.4, -0.2) is 48.6 Å². The maximum Gasteiger partial charge on any atom is 0.346 e. The zero-order valence-electron chi connectivity index (χ0n) is 25.1. The number of thiocarbonyl (C=S) groups is 1. The molecule has 0 aromatic heterocycles. The summed E-state index contributed by atoms with van der Waals surface area (Å²) >= 11 is 8.38. The fourth-order valence-corrected chi connectivity index (χ4v) is 7.72. The van der Waals surface area contributed by atoms with Gasteiger partial charge in [-0.1, -0.05) is 68.6 Å². The minimum absolute atomic E-state index is 0.0484. The highest BCUT2D eigenvalue weighted by Crippen LogP contribution is 2.56. The maximum atomic E-state index is 14.2. The van der Waals surface area contributed by atoms with E-state index in [-0.39, 0.29) is 34.3 Å². The van der Waals surface area contributed by atoms with Gasteiger partial charge >= 0.3 is 11.9 Å². The lowest BCUT2D eigenvalue weighted by atomic mass is 9.82. The smallest absolute Gasteiger partial charge is 0.346 e. The van der Waals surface area contributed by atoms with Crippen molar-refractivity contribution in [1.82, 2.24) is 0 Å². The minimum Gasteiger partial charge on any atom is -0.497 e. The van der Waals surface area contributed by atoms with E-state index in [0.717, 1.165) is 29.1 Å². The zero-order valence-corrected chi connectivity index (χ0v) is 27.5. The Labute approximate surface area is 261 Å². The van der Waals surface area contributed by atoms with E-state index in [1.165, 1.54) is 0 Å². The fourth-order valence-electron chi connectivity index (χ4n) is 4.74. The molecule has 0 atom stereocenters. The second-order valence-corrected chi connectivity index (χ2v) is 13.9. The molecule has 2 aliphatic rings. The number of fused-ring (bicyclic) bond motifs is 1. The number of ether oxygens (including phenoxy) is 3. The second-order valence-electron chi connectivity index (χ2n) is 11.2. The summed E-state index contributed by atoms with van der Waals surface area (Å²) < 4.78 is 16.7. The lowest BCUT2D eigenvalue weighted by Gasteiger charge is -2.45. The third-order valence-corrected chi connectivity index (χ3v) is 10.2. The molecule has 0 saturated heterocycles. The Kier molecular flexibility index (Phi) is 9.30. The molecule has 1 amide bonds. The van der Waals surface area contributed by atoms with Crippen molar-refractivity contribution in [1.29, 1.82) is 0 Å². The number of amides is 1. The molecule has 0 N–H and O–H groups in total. The first-order valence-corrected chi connectivity index (χ1v) is 15.7. The van der Waals surface area contributed by atoms with E-state index < -0.39 is 17.5 Å². The van der Waals surface area contributed by atoms with Gasteiger partial charge in [0.2, 0.25) is 0 Å². The predicted octanol–water partition coefficient (Wildman–Crippen LogP) is 7.29. The monoisotopic (exact) mass is 625 g/mol. The Morgan fingerprint density at radius 1 is 0.905 bits per heavy atom.